The van der Waals surface area contributed by atoms with E-state index in [1.54, 1.807) is 36.4 Å². The van der Waals surface area contributed by atoms with Crippen LogP contribution >= 0.6 is 0 Å². The summed E-state index contributed by atoms with van der Waals surface area (Å²) in [4.78, 5) is 34.2. The van der Waals surface area contributed by atoms with Crippen molar-refractivity contribution in [2.24, 2.45) is 0 Å². The van der Waals surface area contributed by atoms with Crippen molar-refractivity contribution in [2.75, 3.05) is 5.32 Å². The summed E-state index contributed by atoms with van der Waals surface area (Å²) in [6, 6.07) is 14.5. The SMILES string of the molecule is O=C(O)Cc1ccccc1NC(=O)OC(=O)c1ccccc1. The Hall–Kier alpha value is -3.15. The fourth-order valence-electron chi connectivity index (χ4n) is 1.81. The van der Waals surface area contributed by atoms with Crippen LogP contribution in [0.3, 0.4) is 0 Å². The number of hydrogen-bond donors (Lipinski definition) is 2. The van der Waals surface area contributed by atoms with E-state index in [4.69, 9.17) is 5.11 Å². The van der Waals surface area contributed by atoms with Crippen LogP contribution in [0.25, 0.3) is 0 Å². The predicted molar refractivity (Wildman–Crippen MR) is 78.7 cm³/mol. The number of para-hydroxylation sites is 1. The fourth-order valence-corrected chi connectivity index (χ4v) is 1.81. The molecule has 0 saturated carbocycles. The Morgan fingerprint density at radius 1 is 0.955 bits per heavy atom. The lowest BCUT2D eigenvalue weighted by atomic mass is 10.1. The lowest BCUT2D eigenvalue weighted by Gasteiger charge is -2.09. The van der Waals surface area contributed by atoms with Crippen LogP contribution in [-0.4, -0.2) is 23.1 Å². The summed E-state index contributed by atoms with van der Waals surface area (Å²) in [5, 5.41) is 11.2. The molecule has 0 saturated heterocycles. The van der Waals surface area contributed by atoms with Gasteiger partial charge in [0.25, 0.3) is 0 Å². The van der Waals surface area contributed by atoms with Crippen molar-refractivity contribution < 1.29 is 24.2 Å². The third-order valence-electron chi connectivity index (χ3n) is 2.79. The quantitative estimate of drug-likeness (QED) is 0.669. The summed E-state index contributed by atoms with van der Waals surface area (Å²) in [5.41, 5.74) is 0.950. The molecule has 2 aromatic carbocycles. The van der Waals surface area contributed by atoms with Gasteiger partial charge in [-0.3, -0.25) is 10.1 Å². The Morgan fingerprint density at radius 2 is 1.59 bits per heavy atom. The molecule has 0 fully saturated rings. The second-order valence-corrected chi connectivity index (χ2v) is 4.40. The van der Waals surface area contributed by atoms with Gasteiger partial charge in [-0.25, -0.2) is 9.59 Å². The number of amides is 1. The number of anilines is 1. The number of aliphatic carboxylic acids is 1. The Labute approximate surface area is 126 Å². The highest BCUT2D eigenvalue weighted by atomic mass is 16.6. The normalized spacial score (nSPS) is 9.82. The van der Waals surface area contributed by atoms with E-state index < -0.39 is 18.0 Å². The lowest BCUT2D eigenvalue weighted by Crippen LogP contribution is -2.19. The minimum atomic E-state index is -1.03. The van der Waals surface area contributed by atoms with E-state index in [2.05, 4.69) is 10.1 Å². The van der Waals surface area contributed by atoms with E-state index in [0.717, 1.165) is 0 Å². The molecular weight excluding hydrogens is 286 g/mol. The smallest absolute Gasteiger partial charge is 0.419 e. The molecular formula is C16H13NO5. The number of nitrogens with one attached hydrogen (secondary N) is 1. The molecule has 2 aromatic rings. The summed E-state index contributed by atoms with van der Waals surface area (Å²) >= 11 is 0. The number of carboxylic acids is 1. The van der Waals surface area contributed by atoms with Gasteiger partial charge in [0.1, 0.15) is 0 Å². The Morgan fingerprint density at radius 3 is 2.27 bits per heavy atom. The molecule has 0 radical (unpaired) electrons. The van der Waals surface area contributed by atoms with Gasteiger partial charge in [-0.2, -0.15) is 0 Å². The highest BCUT2D eigenvalue weighted by Gasteiger charge is 2.14. The maximum absolute atomic E-state index is 11.7. The molecule has 6 heteroatoms. The predicted octanol–water partition coefficient (Wildman–Crippen LogP) is 2.70. The lowest BCUT2D eigenvalue weighted by molar-refractivity contribution is -0.136. The minimum Gasteiger partial charge on any atom is -0.481 e. The van der Waals surface area contributed by atoms with Crippen molar-refractivity contribution in [1.82, 2.24) is 0 Å². The molecule has 0 bridgehead atoms. The molecule has 0 aliphatic heterocycles. The van der Waals surface area contributed by atoms with Crippen molar-refractivity contribution in [3.8, 4) is 0 Å². The van der Waals surface area contributed by atoms with Crippen molar-refractivity contribution in [2.45, 2.75) is 6.42 Å². The first-order valence-electron chi connectivity index (χ1n) is 6.44. The number of carboxylic acid groups (broad SMARTS) is 1. The zero-order valence-corrected chi connectivity index (χ0v) is 11.5. The van der Waals surface area contributed by atoms with Gasteiger partial charge in [0.05, 0.1) is 12.0 Å². The van der Waals surface area contributed by atoms with Crippen molar-refractivity contribution in [1.29, 1.82) is 0 Å². The highest BCUT2D eigenvalue weighted by molar-refractivity contribution is 6.00. The molecule has 0 spiro atoms. The van der Waals surface area contributed by atoms with Crippen molar-refractivity contribution in [3.05, 3.63) is 65.7 Å². The van der Waals surface area contributed by atoms with Crippen LogP contribution in [0.4, 0.5) is 10.5 Å². The van der Waals surface area contributed by atoms with Crippen LogP contribution in [0, 0.1) is 0 Å². The second-order valence-electron chi connectivity index (χ2n) is 4.40. The number of hydrogen-bond acceptors (Lipinski definition) is 4. The topological polar surface area (TPSA) is 92.7 Å². The van der Waals surface area contributed by atoms with E-state index >= 15 is 0 Å². The molecule has 112 valence electrons. The molecule has 0 aromatic heterocycles. The average molecular weight is 299 g/mol. The number of carbonyl (C=O) groups is 3. The van der Waals surface area contributed by atoms with E-state index in [1.807, 2.05) is 0 Å². The standard InChI is InChI=1S/C16H13NO5/c18-14(19)10-12-8-4-5-9-13(12)17-16(21)22-15(20)11-6-2-1-3-7-11/h1-9H,10H2,(H,17,21)(H,18,19). The van der Waals surface area contributed by atoms with Crippen LogP contribution in [-0.2, 0) is 16.0 Å². The summed E-state index contributed by atoms with van der Waals surface area (Å²) in [7, 11) is 0. The number of rotatable bonds is 4. The molecule has 0 heterocycles. The maximum atomic E-state index is 11.7. The maximum Gasteiger partial charge on any atom is 0.419 e. The van der Waals surface area contributed by atoms with Crippen LogP contribution in [0.2, 0.25) is 0 Å². The van der Waals surface area contributed by atoms with Crippen molar-refractivity contribution in [3.63, 3.8) is 0 Å². The van der Waals surface area contributed by atoms with Gasteiger partial charge in [-0.05, 0) is 23.8 Å². The Balaban J connectivity index is 2.03. The van der Waals surface area contributed by atoms with E-state index in [1.165, 1.54) is 18.2 Å². The first kappa shape index (κ1) is 15.2. The van der Waals surface area contributed by atoms with E-state index in [9.17, 15) is 14.4 Å². The minimum absolute atomic E-state index is 0.247. The van der Waals surface area contributed by atoms with Gasteiger partial charge in [-0.1, -0.05) is 36.4 Å². The highest BCUT2D eigenvalue weighted by Crippen LogP contribution is 2.16. The number of carbonyl (C=O) groups excluding carboxylic acids is 2. The summed E-state index contributed by atoms with van der Waals surface area (Å²) in [6.45, 7) is 0. The monoisotopic (exact) mass is 299 g/mol. The van der Waals surface area contributed by atoms with Gasteiger partial charge in [0.15, 0.2) is 0 Å². The summed E-state index contributed by atoms with van der Waals surface area (Å²) < 4.78 is 4.66. The third kappa shape index (κ3) is 4.17. The van der Waals surface area contributed by atoms with Crippen molar-refractivity contribution >= 4 is 23.7 Å². The molecule has 22 heavy (non-hydrogen) atoms. The molecule has 0 atom stereocenters. The Kier molecular flexibility index (Phi) is 4.87. The molecule has 1 amide bonds. The largest absolute Gasteiger partial charge is 0.481 e. The van der Waals surface area contributed by atoms with E-state index in [0.29, 0.717) is 5.56 Å². The number of benzene rings is 2. The van der Waals surface area contributed by atoms with Gasteiger partial charge >= 0.3 is 18.0 Å². The molecule has 0 unspecified atom stereocenters. The summed E-state index contributed by atoms with van der Waals surface area (Å²) in [6.07, 6.45) is -1.21. The molecule has 2 N–H and O–H groups in total. The second kappa shape index (κ2) is 7.03. The van der Waals surface area contributed by atoms with Gasteiger partial charge < -0.3 is 9.84 Å². The number of ether oxygens (including phenoxy) is 1. The van der Waals surface area contributed by atoms with Crippen LogP contribution in [0.15, 0.2) is 54.6 Å². The molecule has 6 nitrogen and oxygen atoms in total. The van der Waals surface area contributed by atoms with Gasteiger partial charge in [0, 0.05) is 5.69 Å². The fraction of sp³-hybridized carbons (Fsp3) is 0.0625. The molecule has 0 aliphatic carbocycles. The average Bonchev–Trinajstić information content (AvgIpc) is 2.49. The first-order valence-corrected chi connectivity index (χ1v) is 6.44. The zero-order chi connectivity index (χ0) is 15.9. The van der Waals surface area contributed by atoms with Gasteiger partial charge in [-0.15, -0.1) is 0 Å². The van der Waals surface area contributed by atoms with Crippen LogP contribution in [0.5, 0.6) is 0 Å². The van der Waals surface area contributed by atoms with Crippen LogP contribution < -0.4 is 5.32 Å². The third-order valence-corrected chi connectivity index (χ3v) is 2.79. The van der Waals surface area contributed by atoms with E-state index in [-0.39, 0.29) is 17.7 Å². The van der Waals surface area contributed by atoms with Gasteiger partial charge in [0.2, 0.25) is 0 Å². The first-order chi connectivity index (χ1) is 10.6. The Bertz CT molecular complexity index is 697. The molecule has 0 aliphatic rings. The van der Waals surface area contributed by atoms with Crippen LogP contribution in [0.1, 0.15) is 15.9 Å². The molecule has 2 rings (SSSR count). The number of esters is 1. The zero-order valence-electron chi connectivity index (χ0n) is 11.5. The summed E-state index contributed by atoms with van der Waals surface area (Å²) in [5.74, 6) is -1.81.